The first-order chi connectivity index (χ1) is 24.9. The van der Waals surface area contributed by atoms with Crippen LogP contribution in [0.25, 0.3) is 0 Å². The Labute approximate surface area is 298 Å². The van der Waals surface area contributed by atoms with E-state index in [2.05, 4.69) is 10.6 Å². The maximum Gasteiger partial charge on any atom is 0.255 e. The molecule has 4 aromatic rings. The van der Waals surface area contributed by atoms with Gasteiger partial charge in [-0.15, -0.1) is 0 Å². The van der Waals surface area contributed by atoms with E-state index in [0.29, 0.717) is 37.1 Å². The third kappa shape index (κ3) is 9.81. The predicted octanol–water partition coefficient (Wildman–Crippen LogP) is 6.97. The molecule has 2 aliphatic heterocycles. The van der Waals surface area contributed by atoms with Crippen LogP contribution < -0.4 is 10.6 Å². The lowest BCUT2D eigenvalue weighted by Gasteiger charge is -2.29. The van der Waals surface area contributed by atoms with E-state index < -0.39 is 35.1 Å². The van der Waals surface area contributed by atoms with E-state index in [1.54, 1.807) is 40.1 Å². The van der Waals surface area contributed by atoms with E-state index in [9.17, 15) is 41.8 Å². The van der Waals surface area contributed by atoms with Gasteiger partial charge in [-0.3, -0.25) is 19.2 Å². The number of likely N-dealkylation sites (tertiary alicyclic amines) is 2. The fourth-order valence-electron chi connectivity index (χ4n) is 5.87. The Balaban J connectivity index is 0.000000202. The van der Waals surface area contributed by atoms with E-state index >= 15 is 0 Å². The molecule has 0 unspecified atom stereocenters. The molecule has 52 heavy (non-hydrogen) atoms. The molecular weight excluding hydrogens is 680 g/mol. The van der Waals surface area contributed by atoms with Crippen molar-refractivity contribution < 1.29 is 41.8 Å². The lowest BCUT2D eigenvalue weighted by Crippen LogP contribution is -2.40. The van der Waals surface area contributed by atoms with Crippen LogP contribution in [-0.4, -0.2) is 70.8 Å². The largest absolute Gasteiger partial charge is 0.393 e. The van der Waals surface area contributed by atoms with E-state index in [4.69, 9.17) is 0 Å². The quantitative estimate of drug-likeness (QED) is 0.186. The summed E-state index contributed by atoms with van der Waals surface area (Å²) in [6.45, 7) is 3.66. The Hall–Kier alpha value is -5.56. The first kappa shape index (κ1) is 37.7. The van der Waals surface area contributed by atoms with Gasteiger partial charge >= 0.3 is 0 Å². The van der Waals surface area contributed by atoms with Gasteiger partial charge in [0.05, 0.1) is 6.10 Å². The molecule has 4 aromatic carbocycles. The predicted molar refractivity (Wildman–Crippen MR) is 187 cm³/mol. The van der Waals surface area contributed by atoms with Gasteiger partial charge in [-0.2, -0.15) is 0 Å². The number of hydrogen-bond acceptors (Lipinski definition) is 5. The van der Waals surface area contributed by atoms with Crippen molar-refractivity contribution in [1.82, 2.24) is 9.80 Å². The molecule has 272 valence electrons. The molecule has 4 amide bonds. The molecule has 2 fully saturated rings. The van der Waals surface area contributed by atoms with Gasteiger partial charge in [0.2, 0.25) is 0 Å². The molecule has 0 aromatic heterocycles. The highest BCUT2D eigenvalue weighted by Gasteiger charge is 2.23. The average molecular weight is 719 g/mol. The van der Waals surface area contributed by atoms with Crippen LogP contribution in [0.4, 0.5) is 28.9 Å². The number of amides is 4. The summed E-state index contributed by atoms with van der Waals surface area (Å²) in [5.41, 5.74) is 1.15. The molecule has 0 spiro atoms. The van der Waals surface area contributed by atoms with Crippen LogP contribution in [-0.2, 0) is 0 Å². The number of aliphatic hydroxyl groups is 1. The first-order valence-electron chi connectivity index (χ1n) is 16.9. The molecule has 0 bridgehead atoms. The van der Waals surface area contributed by atoms with Gasteiger partial charge in [-0.25, -0.2) is 17.6 Å². The van der Waals surface area contributed by atoms with Crippen molar-refractivity contribution in [2.75, 3.05) is 36.8 Å². The summed E-state index contributed by atoms with van der Waals surface area (Å²) in [4.78, 5) is 53.2. The van der Waals surface area contributed by atoms with Gasteiger partial charge in [0.1, 0.15) is 23.3 Å². The molecule has 3 N–H and O–H groups in total. The minimum Gasteiger partial charge on any atom is -0.393 e. The number of halogens is 4. The van der Waals surface area contributed by atoms with Crippen LogP contribution in [0.3, 0.4) is 0 Å². The summed E-state index contributed by atoms with van der Waals surface area (Å²) in [6, 6.07) is 17.4. The second kappa shape index (κ2) is 17.1. The number of anilines is 2. The first-order valence-corrected chi connectivity index (χ1v) is 16.9. The van der Waals surface area contributed by atoms with Crippen LogP contribution >= 0.6 is 0 Å². The van der Waals surface area contributed by atoms with Gasteiger partial charge < -0.3 is 25.5 Å². The summed E-state index contributed by atoms with van der Waals surface area (Å²) in [5, 5.41) is 14.4. The fourth-order valence-corrected chi connectivity index (χ4v) is 5.87. The van der Waals surface area contributed by atoms with Gasteiger partial charge in [0.15, 0.2) is 0 Å². The van der Waals surface area contributed by atoms with E-state index in [1.165, 1.54) is 25.1 Å². The molecule has 6 rings (SSSR count). The monoisotopic (exact) mass is 718 g/mol. The zero-order chi connectivity index (χ0) is 37.4. The fraction of sp³-hybridized carbons (Fsp3) is 0.282. The molecular formula is C39H38F4N4O5. The Kier molecular flexibility index (Phi) is 12.4. The molecule has 0 aliphatic carbocycles. The number of nitrogens with one attached hydrogen (secondary N) is 2. The highest BCUT2D eigenvalue weighted by atomic mass is 19.1. The zero-order valence-corrected chi connectivity index (χ0v) is 28.4. The summed E-state index contributed by atoms with van der Waals surface area (Å²) >= 11 is 0. The van der Waals surface area contributed by atoms with Crippen LogP contribution in [0.15, 0.2) is 78.9 Å². The lowest BCUT2D eigenvalue weighted by molar-refractivity contribution is 0.0546. The normalized spacial score (nSPS) is 14.6. The number of carbonyl (C=O) groups excluding carboxylic acids is 4. The highest BCUT2D eigenvalue weighted by Crippen LogP contribution is 2.21. The van der Waals surface area contributed by atoms with E-state index in [1.807, 2.05) is 0 Å². The minimum absolute atomic E-state index is 0.00217. The van der Waals surface area contributed by atoms with Crippen LogP contribution in [0.2, 0.25) is 0 Å². The van der Waals surface area contributed by atoms with Crippen molar-refractivity contribution >= 4 is 35.0 Å². The average Bonchev–Trinajstić information content (AvgIpc) is 3.14. The molecule has 0 saturated carbocycles. The van der Waals surface area contributed by atoms with Crippen molar-refractivity contribution in [3.8, 4) is 0 Å². The number of piperidine rings is 2. The third-order valence-electron chi connectivity index (χ3n) is 8.80. The zero-order valence-electron chi connectivity index (χ0n) is 28.4. The van der Waals surface area contributed by atoms with E-state index in [-0.39, 0.29) is 46.0 Å². The van der Waals surface area contributed by atoms with Crippen molar-refractivity contribution in [2.24, 2.45) is 0 Å². The maximum absolute atomic E-state index is 13.6. The Morgan fingerprint density at radius 1 is 0.596 bits per heavy atom. The minimum atomic E-state index is -0.774. The SMILES string of the molecule is Cc1c(F)cc(NC(=O)c2cccc(C(=O)N3CCC(O)CC3)c2)cc1F.O=C(Nc1cc(F)cc(F)c1)c1cccc(C(=O)N2CCCCC2)c1. The van der Waals surface area contributed by atoms with Crippen LogP contribution in [0.5, 0.6) is 0 Å². The summed E-state index contributed by atoms with van der Waals surface area (Å²) in [7, 11) is 0. The summed E-state index contributed by atoms with van der Waals surface area (Å²) in [5.74, 6) is -4.47. The Morgan fingerprint density at radius 3 is 1.50 bits per heavy atom. The summed E-state index contributed by atoms with van der Waals surface area (Å²) in [6.07, 6.45) is 3.75. The number of benzene rings is 4. The van der Waals surface area contributed by atoms with Crippen LogP contribution in [0.1, 0.15) is 79.1 Å². The van der Waals surface area contributed by atoms with Crippen molar-refractivity contribution in [2.45, 2.75) is 45.1 Å². The number of hydrogen-bond donors (Lipinski definition) is 3. The number of aliphatic hydroxyl groups excluding tert-OH is 1. The Morgan fingerprint density at radius 2 is 1.02 bits per heavy atom. The van der Waals surface area contributed by atoms with Gasteiger partial charge in [0, 0.05) is 71.4 Å². The number of carbonyl (C=O) groups is 4. The Bertz CT molecular complexity index is 1920. The number of nitrogens with zero attached hydrogens (tertiary/aromatic N) is 2. The molecule has 0 atom stereocenters. The van der Waals surface area contributed by atoms with Gasteiger partial charge in [-0.1, -0.05) is 12.1 Å². The highest BCUT2D eigenvalue weighted by molar-refractivity contribution is 6.07. The molecule has 2 heterocycles. The smallest absolute Gasteiger partial charge is 0.255 e. The maximum atomic E-state index is 13.6. The topological polar surface area (TPSA) is 119 Å². The van der Waals surface area contributed by atoms with Gasteiger partial charge in [-0.05, 0) is 99.7 Å². The lowest BCUT2D eigenvalue weighted by atomic mass is 10.0. The van der Waals surface area contributed by atoms with Crippen molar-refractivity contribution in [3.63, 3.8) is 0 Å². The van der Waals surface area contributed by atoms with E-state index in [0.717, 1.165) is 62.7 Å². The standard InChI is InChI=1S/C20H20F2N2O3.C19H18F2N2O2/c1-12-17(21)10-15(11-18(12)22)23-19(26)13-3-2-4-14(9-13)20(27)24-7-5-16(25)6-8-24;20-15-10-16(21)12-17(11-15)22-18(24)13-5-4-6-14(9-13)19(25)23-7-2-1-3-8-23/h2-4,9-11,16,25H,5-8H2,1H3,(H,23,26);4-6,9-12H,1-3,7-8H2,(H,22,24). The number of rotatable bonds is 6. The molecule has 9 nitrogen and oxygen atoms in total. The summed E-state index contributed by atoms with van der Waals surface area (Å²) < 4.78 is 53.7. The second-order valence-electron chi connectivity index (χ2n) is 12.7. The molecule has 2 saturated heterocycles. The molecule has 0 radical (unpaired) electrons. The van der Waals surface area contributed by atoms with Crippen molar-refractivity contribution in [3.05, 3.63) is 130 Å². The van der Waals surface area contributed by atoms with Crippen molar-refractivity contribution in [1.29, 1.82) is 0 Å². The van der Waals surface area contributed by atoms with Gasteiger partial charge in [0.25, 0.3) is 23.6 Å². The second-order valence-corrected chi connectivity index (χ2v) is 12.7. The third-order valence-corrected chi connectivity index (χ3v) is 8.80. The molecule has 13 heteroatoms. The van der Waals surface area contributed by atoms with Crippen LogP contribution in [0, 0.1) is 30.2 Å². The molecule has 2 aliphatic rings.